The number of piperazine rings is 1. The van der Waals surface area contributed by atoms with Crippen molar-refractivity contribution in [1.82, 2.24) is 4.90 Å². The molecular weight excluding hydrogens is 281 g/mol. The lowest BCUT2D eigenvalue weighted by atomic mass is 10.1. The van der Waals surface area contributed by atoms with Gasteiger partial charge in [0.25, 0.3) is 0 Å². The first-order chi connectivity index (χ1) is 9.86. The molecule has 1 aromatic carbocycles. The van der Waals surface area contributed by atoms with Gasteiger partial charge in [-0.15, -0.1) is 0 Å². The predicted octanol–water partition coefficient (Wildman–Crippen LogP) is 3.05. The zero-order valence-corrected chi connectivity index (χ0v) is 12.2. The van der Waals surface area contributed by atoms with Crippen LogP contribution in [0.4, 0.5) is 18.9 Å². The molecule has 1 aliphatic rings. The molecule has 1 fully saturated rings. The molecule has 116 valence electrons. The monoisotopic (exact) mass is 300 g/mol. The molecule has 0 bridgehead atoms. The Hall–Kier alpha value is -1.56. The minimum Gasteiger partial charge on any atom is -0.368 e. The topological polar surface area (TPSA) is 23.6 Å². The van der Waals surface area contributed by atoms with E-state index in [4.69, 9.17) is 0 Å². The third-order valence-electron chi connectivity index (χ3n) is 3.97. The SMILES string of the molecule is CCN1CCN(c2ccc(C=O)cc2C(F)(F)F)CC1C. The van der Waals surface area contributed by atoms with E-state index in [1.165, 1.54) is 12.1 Å². The van der Waals surface area contributed by atoms with Crippen LogP contribution in [0, 0.1) is 0 Å². The Labute approximate surface area is 122 Å². The van der Waals surface area contributed by atoms with Gasteiger partial charge in [0.15, 0.2) is 0 Å². The highest BCUT2D eigenvalue weighted by molar-refractivity contribution is 5.77. The minimum atomic E-state index is -4.46. The van der Waals surface area contributed by atoms with Crippen LogP contribution in [0.5, 0.6) is 0 Å². The van der Waals surface area contributed by atoms with Gasteiger partial charge in [0.05, 0.1) is 5.56 Å². The molecule has 0 amide bonds. The molecular formula is C15H19F3N2O. The van der Waals surface area contributed by atoms with E-state index in [-0.39, 0.29) is 17.3 Å². The summed E-state index contributed by atoms with van der Waals surface area (Å²) in [4.78, 5) is 14.7. The third-order valence-corrected chi connectivity index (χ3v) is 3.97. The molecule has 0 saturated carbocycles. The number of anilines is 1. The fourth-order valence-corrected chi connectivity index (χ4v) is 2.81. The molecule has 3 nitrogen and oxygen atoms in total. The van der Waals surface area contributed by atoms with Gasteiger partial charge in [-0.2, -0.15) is 13.2 Å². The number of nitrogens with zero attached hydrogens (tertiary/aromatic N) is 2. The lowest BCUT2D eigenvalue weighted by Gasteiger charge is -2.41. The average molecular weight is 300 g/mol. The number of halogens is 3. The minimum absolute atomic E-state index is 0.0475. The van der Waals surface area contributed by atoms with Gasteiger partial charge in [-0.05, 0) is 31.7 Å². The first-order valence-corrected chi connectivity index (χ1v) is 7.02. The molecule has 1 unspecified atom stereocenters. The molecule has 6 heteroatoms. The summed E-state index contributed by atoms with van der Waals surface area (Å²) in [6.07, 6.45) is -4.02. The van der Waals surface area contributed by atoms with Crippen molar-refractivity contribution in [3.05, 3.63) is 29.3 Å². The van der Waals surface area contributed by atoms with Crippen molar-refractivity contribution in [3.63, 3.8) is 0 Å². The van der Waals surface area contributed by atoms with Crippen LogP contribution in [0.1, 0.15) is 29.8 Å². The summed E-state index contributed by atoms with van der Waals surface area (Å²) in [5, 5.41) is 0. The van der Waals surface area contributed by atoms with Crippen LogP contribution in [-0.4, -0.2) is 43.4 Å². The van der Waals surface area contributed by atoms with E-state index in [2.05, 4.69) is 4.90 Å². The second-order valence-corrected chi connectivity index (χ2v) is 5.32. The number of hydrogen-bond donors (Lipinski definition) is 0. The van der Waals surface area contributed by atoms with Crippen molar-refractivity contribution in [1.29, 1.82) is 0 Å². The largest absolute Gasteiger partial charge is 0.418 e. The van der Waals surface area contributed by atoms with Crippen molar-refractivity contribution in [2.75, 3.05) is 31.1 Å². The van der Waals surface area contributed by atoms with Crippen LogP contribution in [-0.2, 0) is 6.18 Å². The molecule has 1 atom stereocenters. The quantitative estimate of drug-likeness (QED) is 0.802. The van der Waals surface area contributed by atoms with Crippen LogP contribution >= 0.6 is 0 Å². The number of likely N-dealkylation sites (N-methyl/N-ethyl adjacent to an activating group) is 1. The fourth-order valence-electron chi connectivity index (χ4n) is 2.81. The molecule has 2 rings (SSSR count). The van der Waals surface area contributed by atoms with Gasteiger partial charge in [0.1, 0.15) is 6.29 Å². The van der Waals surface area contributed by atoms with Crippen LogP contribution in [0.25, 0.3) is 0 Å². The summed E-state index contributed by atoms with van der Waals surface area (Å²) in [5.41, 5.74) is -0.522. The van der Waals surface area contributed by atoms with Gasteiger partial charge in [-0.3, -0.25) is 9.69 Å². The van der Waals surface area contributed by atoms with Crippen molar-refractivity contribution in [2.45, 2.75) is 26.1 Å². The zero-order chi connectivity index (χ0) is 15.6. The van der Waals surface area contributed by atoms with E-state index in [1.54, 1.807) is 4.90 Å². The molecule has 0 N–H and O–H groups in total. The van der Waals surface area contributed by atoms with Gasteiger partial charge >= 0.3 is 6.18 Å². The van der Waals surface area contributed by atoms with Crippen molar-refractivity contribution < 1.29 is 18.0 Å². The smallest absolute Gasteiger partial charge is 0.368 e. The molecule has 0 radical (unpaired) electrons. The van der Waals surface area contributed by atoms with Gasteiger partial charge < -0.3 is 4.90 Å². The lowest BCUT2D eigenvalue weighted by molar-refractivity contribution is -0.137. The first-order valence-electron chi connectivity index (χ1n) is 7.02. The molecule has 0 aromatic heterocycles. The van der Waals surface area contributed by atoms with Gasteiger partial charge in [0.2, 0.25) is 0 Å². The number of carbonyl (C=O) groups excluding carboxylic acids is 1. The van der Waals surface area contributed by atoms with Crippen LogP contribution in [0.3, 0.4) is 0 Å². The summed E-state index contributed by atoms with van der Waals surface area (Å²) >= 11 is 0. The number of hydrogen-bond acceptors (Lipinski definition) is 3. The van der Waals surface area contributed by atoms with E-state index < -0.39 is 11.7 Å². The number of aldehydes is 1. The van der Waals surface area contributed by atoms with Gasteiger partial charge in [0, 0.05) is 36.9 Å². The third kappa shape index (κ3) is 3.37. The number of carbonyl (C=O) groups is 1. The predicted molar refractivity (Wildman–Crippen MR) is 75.8 cm³/mol. The Morgan fingerprint density at radius 1 is 1.33 bits per heavy atom. The highest BCUT2D eigenvalue weighted by Gasteiger charge is 2.36. The van der Waals surface area contributed by atoms with Crippen molar-refractivity contribution in [2.24, 2.45) is 0 Å². The van der Waals surface area contributed by atoms with Crippen LogP contribution in [0.15, 0.2) is 18.2 Å². The maximum Gasteiger partial charge on any atom is 0.418 e. The Morgan fingerprint density at radius 3 is 2.57 bits per heavy atom. The van der Waals surface area contributed by atoms with Crippen LogP contribution < -0.4 is 4.90 Å². The molecule has 1 saturated heterocycles. The van der Waals surface area contributed by atoms with E-state index in [0.29, 0.717) is 19.4 Å². The Morgan fingerprint density at radius 2 is 2.05 bits per heavy atom. The average Bonchev–Trinajstić information content (AvgIpc) is 2.45. The van der Waals surface area contributed by atoms with E-state index in [9.17, 15) is 18.0 Å². The summed E-state index contributed by atoms with van der Waals surface area (Å²) in [6.45, 7) is 6.81. The van der Waals surface area contributed by atoms with E-state index in [0.717, 1.165) is 19.2 Å². The summed E-state index contributed by atoms with van der Waals surface area (Å²) in [5.74, 6) is 0. The molecule has 1 heterocycles. The Bertz CT molecular complexity index is 516. The summed E-state index contributed by atoms with van der Waals surface area (Å²) in [7, 11) is 0. The highest BCUT2D eigenvalue weighted by Crippen LogP contribution is 2.37. The second-order valence-electron chi connectivity index (χ2n) is 5.32. The van der Waals surface area contributed by atoms with Crippen molar-refractivity contribution in [3.8, 4) is 0 Å². The standard InChI is InChI=1S/C15H19F3N2O/c1-3-19-6-7-20(9-11(19)2)14-5-4-12(10-21)8-13(14)15(16,17)18/h4-5,8,10-11H,3,6-7,9H2,1-2H3. The van der Waals surface area contributed by atoms with Gasteiger partial charge in [-0.1, -0.05) is 6.92 Å². The highest BCUT2D eigenvalue weighted by atomic mass is 19.4. The van der Waals surface area contributed by atoms with E-state index >= 15 is 0 Å². The first kappa shape index (κ1) is 15.8. The van der Waals surface area contributed by atoms with Gasteiger partial charge in [-0.25, -0.2) is 0 Å². The number of alkyl halides is 3. The maximum absolute atomic E-state index is 13.2. The zero-order valence-electron chi connectivity index (χ0n) is 12.2. The Kier molecular flexibility index (Phi) is 4.56. The molecule has 1 aliphatic heterocycles. The summed E-state index contributed by atoms with van der Waals surface area (Å²) in [6, 6.07) is 3.98. The van der Waals surface area contributed by atoms with Crippen molar-refractivity contribution >= 4 is 12.0 Å². The fraction of sp³-hybridized carbons (Fsp3) is 0.533. The molecule has 0 spiro atoms. The molecule has 1 aromatic rings. The van der Waals surface area contributed by atoms with Crippen LogP contribution in [0.2, 0.25) is 0 Å². The number of rotatable bonds is 3. The molecule has 0 aliphatic carbocycles. The Balaban J connectivity index is 2.33. The lowest BCUT2D eigenvalue weighted by Crippen LogP contribution is -2.52. The maximum atomic E-state index is 13.2. The number of benzene rings is 1. The van der Waals surface area contributed by atoms with E-state index in [1.807, 2.05) is 13.8 Å². The molecule has 21 heavy (non-hydrogen) atoms. The second kappa shape index (κ2) is 6.05. The normalized spacial score (nSPS) is 20.6. The summed E-state index contributed by atoms with van der Waals surface area (Å²) < 4.78 is 39.6.